The standard InChI is InChI=1S/C28H35ClN4O6/c1-5-38-27(37)33-15-13-32(14-16-33)26(36)21(11-12-24(34)39-28(2,3)4)31-25(35)23-18-20(29)17-22(30-23)19-9-7-6-8-10-19/h6-10,17-18,21H,5,11-16H2,1-4H3,(H,31,35). The lowest BCUT2D eigenvalue weighted by molar-refractivity contribution is -0.155. The van der Waals surface area contributed by atoms with Crippen LogP contribution in [0.5, 0.6) is 0 Å². The monoisotopic (exact) mass is 558 g/mol. The van der Waals surface area contributed by atoms with E-state index < -0.39 is 29.6 Å². The second kappa shape index (κ2) is 13.4. The van der Waals surface area contributed by atoms with E-state index in [-0.39, 0.29) is 44.1 Å². The van der Waals surface area contributed by atoms with Gasteiger partial charge in [-0.25, -0.2) is 9.78 Å². The molecule has 1 N–H and O–H groups in total. The smallest absolute Gasteiger partial charge is 0.409 e. The summed E-state index contributed by atoms with van der Waals surface area (Å²) < 4.78 is 10.4. The summed E-state index contributed by atoms with van der Waals surface area (Å²) in [6, 6.07) is 11.3. The van der Waals surface area contributed by atoms with Crippen LogP contribution >= 0.6 is 11.6 Å². The molecule has 0 bridgehead atoms. The largest absolute Gasteiger partial charge is 0.460 e. The van der Waals surface area contributed by atoms with Crippen LogP contribution in [0.3, 0.4) is 0 Å². The zero-order chi connectivity index (χ0) is 28.6. The number of hydrogen-bond donors (Lipinski definition) is 1. The number of aromatic nitrogens is 1. The normalized spacial score (nSPS) is 14.4. The van der Waals surface area contributed by atoms with Crippen LogP contribution in [0.4, 0.5) is 4.79 Å². The van der Waals surface area contributed by atoms with Gasteiger partial charge in [0, 0.05) is 43.2 Å². The third-order valence-electron chi connectivity index (χ3n) is 5.87. The van der Waals surface area contributed by atoms with E-state index in [1.165, 1.54) is 11.0 Å². The number of piperazine rings is 1. The van der Waals surface area contributed by atoms with Crippen LogP contribution in [0, 0.1) is 0 Å². The number of rotatable bonds is 8. The van der Waals surface area contributed by atoms with Gasteiger partial charge in [-0.1, -0.05) is 41.9 Å². The second-order valence-electron chi connectivity index (χ2n) is 10.1. The fourth-order valence-electron chi connectivity index (χ4n) is 4.06. The molecule has 10 nitrogen and oxygen atoms in total. The molecule has 0 radical (unpaired) electrons. The van der Waals surface area contributed by atoms with Crippen LogP contribution in [0.25, 0.3) is 11.3 Å². The van der Waals surface area contributed by atoms with Gasteiger partial charge in [0.05, 0.1) is 12.3 Å². The average molecular weight is 559 g/mol. The Bertz CT molecular complexity index is 1180. The molecule has 1 aromatic heterocycles. The molecule has 1 aliphatic rings. The Morgan fingerprint density at radius 1 is 1.03 bits per heavy atom. The molecule has 0 saturated carbocycles. The molecule has 1 aliphatic heterocycles. The summed E-state index contributed by atoms with van der Waals surface area (Å²) in [6.07, 6.45) is -0.473. The molecular weight excluding hydrogens is 524 g/mol. The SMILES string of the molecule is CCOC(=O)N1CCN(C(=O)C(CCC(=O)OC(C)(C)C)NC(=O)c2cc(Cl)cc(-c3ccccc3)n2)CC1. The highest BCUT2D eigenvalue weighted by molar-refractivity contribution is 6.31. The van der Waals surface area contributed by atoms with E-state index in [9.17, 15) is 19.2 Å². The Morgan fingerprint density at radius 3 is 2.28 bits per heavy atom. The molecule has 3 rings (SSSR count). The van der Waals surface area contributed by atoms with Crippen LogP contribution in [-0.2, 0) is 19.1 Å². The van der Waals surface area contributed by atoms with Crippen molar-refractivity contribution in [1.29, 1.82) is 0 Å². The number of ether oxygens (including phenoxy) is 2. The van der Waals surface area contributed by atoms with Crippen molar-refractivity contribution < 1.29 is 28.7 Å². The van der Waals surface area contributed by atoms with E-state index in [0.29, 0.717) is 23.8 Å². The molecule has 210 valence electrons. The molecule has 1 unspecified atom stereocenters. The van der Waals surface area contributed by atoms with Gasteiger partial charge in [-0.05, 0) is 46.2 Å². The summed E-state index contributed by atoms with van der Waals surface area (Å²) in [4.78, 5) is 58.7. The van der Waals surface area contributed by atoms with Gasteiger partial charge in [-0.3, -0.25) is 14.4 Å². The van der Waals surface area contributed by atoms with Crippen molar-refractivity contribution in [2.45, 2.75) is 52.2 Å². The lowest BCUT2D eigenvalue weighted by Crippen LogP contribution is -2.56. The summed E-state index contributed by atoms with van der Waals surface area (Å²) >= 11 is 6.29. The topological polar surface area (TPSA) is 118 Å². The minimum atomic E-state index is -1.01. The first-order valence-electron chi connectivity index (χ1n) is 12.9. The van der Waals surface area contributed by atoms with Crippen molar-refractivity contribution in [1.82, 2.24) is 20.1 Å². The van der Waals surface area contributed by atoms with Gasteiger partial charge in [0.25, 0.3) is 5.91 Å². The molecule has 1 aromatic carbocycles. The van der Waals surface area contributed by atoms with Crippen molar-refractivity contribution >= 4 is 35.5 Å². The van der Waals surface area contributed by atoms with Gasteiger partial charge in [-0.15, -0.1) is 0 Å². The van der Waals surface area contributed by atoms with E-state index in [0.717, 1.165) is 5.56 Å². The van der Waals surface area contributed by atoms with Gasteiger partial charge < -0.3 is 24.6 Å². The third-order valence-corrected chi connectivity index (χ3v) is 6.09. The van der Waals surface area contributed by atoms with Crippen LogP contribution < -0.4 is 5.32 Å². The number of esters is 1. The Hall–Kier alpha value is -3.66. The molecule has 11 heteroatoms. The number of pyridine rings is 1. The van der Waals surface area contributed by atoms with Gasteiger partial charge >= 0.3 is 12.1 Å². The molecule has 0 aliphatic carbocycles. The summed E-state index contributed by atoms with van der Waals surface area (Å²) in [7, 11) is 0. The average Bonchev–Trinajstić information content (AvgIpc) is 2.90. The van der Waals surface area contributed by atoms with Gasteiger partial charge in [0.15, 0.2) is 0 Å². The molecule has 0 spiro atoms. The number of hydrogen-bond acceptors (Lipinski definition) is 7. The summed E-state index contributed by atoms with van der Waals surface area (Å²) in [5.41, 5.74) is 0.663. The van der Waals surface area contributed by atoms with E-state index >= 15 is 0 Å². The highest BCUT2D eigenvalue weighted by Crippen LogP contribution is 2.22. The van der Waals surface area contributed by atoms with Crippen molar-refractivity contribution in [3.05, 3.63) is 53.2 Å². The van der Waals surface area contributed by atoms with Crippen LogP contribution in [-0.4, -0.2) is 83.1 Å². The minimum Gasteiger partial charge on any atom is -0.460 e. The third kappa shape index (κ3) is 8.95. The highest BCUT2D eigenvalue weighted by Gasteiger charge is 2.31. The molecule has 39 heavy (non-hydrogen) atoms. The first-order valence-corrected chi connectivity index (χ1v) is 13.3. The van der Waals surface area contributed by atoms with Crippen molar-refractivity contribution in [3.63, 3.8) is 0 Å². The Balaban J connectivity index is 1.76. The number of carbonyl (C=O) groups is 4. The van der Waals surface area contributed by atoms with Crippen LogP contribution in [0.1, 0.15) is 51.0 Å². The molecule has 3 amide bonds. The van der Waals surface area contributed by atoms with Gasteiger partial charge in [-0.2, -0.15) is 0 Å². The van der Waals surface area contributed by atoms with E-state index in [1.807, 2.05) is 30.3 Å². The first kappa shape index (κ1) is 29.9. The van der Waals surface area contributed by atoms with Crippen molar-refractivity contribution in [3.8, 4) is 11.3 Å². The van der Waals surface area contributed by atoms with Crippen LogP contribution in [0.2, 0.25) is 5.02 Å². The number of carbonyl (C=O) groups excluding carboxylic acids is 4. The number of nitrogens with zero attached hydrogens (tertiary/aromatic N) is 3. The quantitative estimate of drug-likeness (QED) is 0.488. The summed E-state index contributed by atoms with van der Waals surface area (Å²) in [6.45, 7) is 8.40. The predicted octanol–water partition coefficient (Wildman–Crippen LogP) is 3.92. The van der Waals surface area contributed by atoms with Crippen molar-refractivity contribution in [2.24, 2.45) is 0 Å². The maximum Gasteiger partial charge on any atom is 0.409 e. The fourth-order valence-corrected chi connectivity index (χ4v) is 4.27. The van der Waals surface area contributed by atoms with Gasteiger partial charge in [0.2, 0.25) is 5.91 Å². The van der Waals surface area contributed by atoms with E-state index in [1.54, 1.807) is 38.7 Å². The Morgan fingerprint density at radius 2 is 1.67 bits per heavy atom. The second-order valence-corrected chi connectivity index (χ2v) is 10.5. The van der Waals surface area contributed by atoms with E-state index in [2.05, 4.69) is 10.3 Å². The summed E-state index contributed by atoms with van der Waals surface area (Å²) in [5, 5.41) is 3.06. The zero-order valence-electron chi connectivity index (χ0n) is 22.7. The van der Waals surface area contributed by atoms with Crippen LogP contribution in [0.15, 0.2) is 42.5 Å². The molecule has 1 atom stereocenters. The Labute approximate surface area is 233 Å². The van der Waals surface area contributed by atoms with Gasteiger partial charge in [0.1, 0.15) is 17.3 Å². The maximum absolute atomic E-state index is 13.5. The molecule has 1 fully saturated rings. The predicted molar refractivity (Wildman–Crippen MR) is 146 cm³/mol. The van der Waals surface area contributed by atoms with Crippen molar-refractivity contribution in [2.75, 3.05) is 32.8 Å². The Kier molecular flexibility index (Phi) is 10.3. The minimum absolute atomic E-state index is 0.0314. The zero-order valence-corrected chi connectivity index (χ0v) is 23.5. The number of halogens is 1. The lowest BCUT2D eigenvalue weighted by atomic mass is 10.1. The summed E-state index contributed by atoms with van der Waals surface area (Å²) in [5.74, 6) is -1.43. The number of amides is 3. The molecule has 2 heterocycles. The highest BCUT2D eigenvalue weighted by atomic mass is 35.5. The number of benzene rings is 1. The van der Waals surface area contributed by atoms with E-state index in [4.69, 9.17) is 21.1 Å². The number of nitrogens with one attached hydrogen (secondary N) is 1. The molecule has 1 saturated heterocycles. The first-order chi connectivity index (χ1) is 18.5. The molecular formula is C28H35ClN4O6. The molecule has 2 aromatic rings. The maximum atomic E-state index is 13.5. The lowest BCUT2D eigenvalue weighted by Gasteiger charge is -2.36. The fraction of sp³-hybridized carbons (Fsp3) is 0.464.